The summed E-state index contributed by atoms with van der Waals surface area (Å²) in [5, 5.41) is 2.66. The van der Waals surface area contributed by atoms with Crippen molar-refractivity contribution in [3.8, 4) is 0 Å². The zero-order valence-corrected chi connectivity index (χ0v) is 10.2. The summed E-state index contributed by atoms with van der Waals surface area (Å²) >= 11 is 0. The lowest BCUT2D eigenvalue weighted by Gasteiger charge is -2.11. The van der Waals surface area contributed by atoms with Gasteiger partial charge in [-0.15, -0.1) is 0 Å². The van der Waals surface area contributed by atoms with Crippen LogP contribution >= 0.6 is 0 Å². The van der Waals surface area contributed by atoms with Crippen LogP contribution < -0.4 is 28.3 Å². The van der Waals surface area contributed by atoms with Gasteiger partial charge in [-0.25, -0.2) is 0 Å². The van der Waals surface area contributed by atoms with Crippen LogP contribution in [0, 0.1) is 0 Å². The number of para-hydroxylation sites is 2. The fourth-order valence-electron chi connectivity index (χ4n) is 1.66. The van der Waals surface area contributed by atoms with E-state index in [1.165, 1.54) is 0 Å². The molecule has 19 heavy (non-hydrogen) atoms. The number of hydrogen-bond acceptors (Lipinski definition) is 5. The average Bonchev–Trinajstić information content (AvgIpc) is 2.38. The largest absolute Gasteiger partial charge is 0.397 e. The van der Waals surface area contributed by atoms with Crippen molar-refractivity contribution in [1.29, 1.82) is 0 Å². The van der Waals surface area contributed by atoms with Crippen molar-refractivity contribution in [2.24, 2.45) is 0 Å². The number of nitrogens with two attached hydrogens (primary N) is 4. The Morgan fingerprint density at radius 1 is 0.842 bits per heavy atom. The number of carbonyl (C=O) groups excluding carboxylic acids is 1. The van der Waals surface area contributed by atoms with Crippen molar-refractivity contribution >= 4 is 34.3 Å². The predicted molar refractivity (Wildman–Crippen MR) is 78.5 cm³/mol. The van der Waals surface area contributed by atoms with Crippen LogP contribution in [0.15, 0.2) is 36.4 Å². The molecule has 9 N–H and O–H groups in total. The topological polar surface area (TPSA) is 133 Å². The number of amides is 1. The zero-order chi connectivity index (χ0) is 14.0. The van der Waals surface area contributed by atoms with E-state index in [0.29, 0.717) is 28.3 Å². The maximum atomic E-state index is 12.1. The van der Waals surface area contributed by atoms with E-state index in [9.17, 15) is 4.79 Å². The highest BCUT2D eigenvalue weighted by atomic mass is 16.1. The molecule has 0 bridgehead atoms. The molecule has 2 aromatic carbocycles. The van der Waals surface area contributed by atoms with E-state index < -0.39 is 0 Å². The molecule has 0 saturated carbocycles. The molecule has 2 aromatic rings. The van der Waals surface area contributed by atoms with Crippen LogP contribution in [0.3, 0.4) is 0 Å². The zero-order valence-electron chi connectivity index (χ0n) is 10.2. The van der Waals surface area contributed by atoms with Gasteiger partial charge in [0.05, 0.1) is 34.0 Å². The van der Waals surface area contributed by atoms with Crippen LogP contribution in [0.5, 0.6) is 0 Å². The maximum Gasteiger partial charge on any atom is 0.257 e. The Morgan fingerprint density at radius 3 is 2.11 bits per heavy atom. The molecular formula is C13H15N5O. The molecule has 0 aliphatic rings. The van der Waals surface area contributed by atoms with Crippen LogP contribution in [0.4, 0.5) is 28.4 Å². The molecule has 0 unspecified atom stereocenters. The normalized spacial score (nSPS) is 10.1. The molecule has 1 amide bonds. The molecule has 0 spiro atoms. The summed E-state index contributed by atoms with van der Waals surface area (Å²) in [7, 11) is 0. The van der Waals surface area contributed by atoms with Crippen LogP contribution in [0.2, 0.25) is 0 Å². The number of anilines is 5. The highest BCUT2D eigenvalue weighted by Gasteiger charge is 2.13. The Morgan fingerprint density at radius 2 is 1.42 bits per heavy atom. The van der Waals surface area contributed by atoms with Crippen LogP contribution in [-0.4, -0.2) is 5.91 Å². The minimum Gasteiger partial charge on any atom is -0.397 e. The minimum absolute atomic E-state index is 0.238. The molecule has 0 saturated heterocycles. The minimum atomic E-state index is -0.387. The van der Waals surface area contributed by atoms with Crippen molar-refractivity contribution in [2.75, 3.05) is 28.3 Å². The lowest BCUT2D eigenvalue weighted by molar-refractivity contribution is 0.102. The second kappa shape index (κ2) is 4.77. The van der Waals surface area contributed by atoms with Gasteiger partial charge < -0.3 is 28.3 Å². The Bertz CT molecular complexity index is 639. The molecule has 6 heteroatoms. The number of benzene rings is 2. The molecule has 0 heterocycles. The third-order valence-electron chi connectivity index (χ3n) is 2.77. The fourth-order valence-corrected chi connectivity index (χ4v) is 1.66. The summed E-state index contributed by atoms with van der Waals surface area (Å²) < 4.78 is 0. The molecule has 2 rings (SSSR count). The number of nitrogen functional groups attached to an aromatic ring is 4. The molecular weight excluding hydrogens is 242 g/mol. The number of carbonyl (C=O) groups is 1. The molecule has 0 aromatic heterocycles. The summed E-state index contributed by atoms with van der Waals surface area (Å²) in [5.41, 5.74) is 24.9. The summed E-state index contributed by atoms with van der Waals surface area (Å²) in [5.74, 6) is -0.387. The lowest BCUT2D eigenvalue weighted by Crippen LogP contribution is -2.16. The van der Waals surface area contributed by atoms with Gasteiger partial charge in [-0.2, -0.15) is 0 Å². The van der Waals surface area contributed by atoms with E-state index in [2.05, 4.69) is 5.32 Å². The molecule has 0 radical (unpaired) electrons. The van der Waals surface area contributed by atoms with Gasteiger partial charge >= 0.3 is 0 Å². The smallest absolute Gasteiger partial charge is 0.257 e. The van der Waals surface area contributed by atoms with Crippen molar-refractivity contribution in [1.82, 2.24) is 0 Å². The van der Waals surface area contributed by atoms with Gasteiger partial charge in [0.25, 0.3) is 5.91 Å². The lowest BCUT2D eigenvalue weighted by atomic mass is 10.1. The van der Waals surface area contributed by atoms with E-state index in [4.69, 9.17) is 22.9 Å². The summed E-state index contributed by atoms with van der Waals surface area (Å²) in [4.78, 5) is 12.1. The van der Waals surface area contributed by atoms with Crippen LogP contribution in [0.1, 0.15) is 10.4 Å². The Balaban J connectivity index is 2.31. The van der Waals surface area contributed by atoms with E-state index in [0.717, 1.165) is 0 Å². The van der Waals surface area contributed by atoms with Gasteiger partial charge in [0.2, 0.25) is 0 Å². The SMILES string of the molecule is Nc1cccc(NC(=O)c2cccc(N)c2N)c1N. The van der Waals surface area contributed by atoms with Crippen LogP contribution in [0.25, 0.3) is 0 Å². The third-order valence-corrected chi connectivity index (χ3v) is 2.77. The van der Waals surface area contributed by atoms with Crippen molar-refractivity contribution in [3.63, 3.8) is 0 Å². The average molecular weight is 257 g/mol. The Kier molecular flexibility index (Phi) is 3.15. The summed E-state index contributed by atoms with van der Waals surface area (Å²) in [6.07, 6.45) is 0. The Labute approximate surface area is 110 Å². The van der Waals surface area contributed by atoms with E-state index in [1.54, 1.807) is 36.4 Å². The van der Waals surface area contributed by atoms with E-state index in [-0.39, 0.29) is 11.6 Å². The van der Waals surface area contributed by atoms with Gasteiger partial charge in [0.1, 0.15) is 0 Å². The first kappa shape index (κ1) is 12.6. The summed E-state index contributed by atoms with van der Waals surface area (Å²) in [6.45, 7) is 0. The first-order chi connectivity index (χ1) is 9.00. The monoisotopic (exact) mass is 257 g/mol. The van der Waals surface area contributed by atoms with Crippen molar-refractivity contribution in [3.05, 3.63) is 42.0 Å². The summed E-state index contributed by atoms with van der Waals surface area (Å²) in [6, 6.07) is 9.88. The van der Waals surface area contributed by atoms with E-state index >= 15 is 0 Å². The molecule has 0 atom stereocenters. The molecule has 0 fully saturated rings. The van der Waals surface area contributed by atoms with Gasteiger partial charge in [-0.1, -0.05) is 12.1 Å². The second-order valence-corrected chi connectivity index (χ2v) is 4.07. The first-order valence-corrected chi connectivity index (χ1v) is 5.60. The number of hydrogen-bond donors (Lipinski definition) is 5. The highest BCUT2D eigenvalue weighted by molar-refractivity contribution is 6.10. The Hall–Kier alpha value is -2.89. The molecule has 0 aliphatic heterocycles. The van der Waals surface area contributed by atoms with Crippen LogP contribution in [-0.2, 0) is 0 Å². The van der Waals surface area contributed by atoms with Gasteiger partial charge in [-0.05, 0) is 24.3 Å². The predicted octanol–water partition coefficient (Wildman–Crippen LogP) is 1.27. The molecule has 6 nitrogen and oxygen atoms in total. The number of nitrogens with one attached hydrogen (secondary N) is 1. The van der Waals surface area contributed by atoms with E-state index in [1.807, 2.05) is 0 Å². The number of rotatable bonds is 2. The van der Waals surface area contributed by atoms with Crippen molar-refractivity contribution < 1.29 is 4.79 Å². The van der Waals surface area contributed by atoms with Gasteiger partial charge in [0, 0.05) is 0 Å². The second-order valence-electron chi connectivity index (χ2n) is 4.07. The fraction of sp³-hybridized carbons (Fsp3) is 0. The van der Waals surface area contributed by atoms with Gasteiger partial charge in [-0.3, -0.25) is 4.79 Å². The standard InChI is InChI=1S/C13H15N5O/c14-8-4-1-3-7(11(8)16)13(19)18-10-6-2-5-9(15)12(10)17/h1-6H,14-17H2,(H,18,19). The highest BCUT2D eigenvalue weighted by Crippen LogP contribution is 2.26. The molecule has 0 aliphatic carbocycles. The van der Waals surface area contributed by atoms with Crippen molar-refractivity contribution in [2.45, 2.75) is 0 Å². The van der Waals surface area contributed by atoms with Gasteiger partial charge in [0.15, 0.2) is 0 Å². The first-order valence-electron chi connectivity index (χ1n) is 5.60. The maximum absolute atomic E-state index is 12.1. The molecule has 98 valence electrons. The quantitative estimate of drug-likeness (QED) is 0.516. The third kappa shape index (κ3) is 2.37.